The molecule has 0 aromatic rings. The molecule has 0 saturated heterocycles. The molecule has 0 aromatic carbocycles. The van der Waals surface area contributed by atoms with Crippen LogP contribution in [0.1, 0.15) is 0 Å². The number of nitrogens with zero attached hydrogens (tertiary/aromatic N) is 1. The van der Waals surface area contributed by atoms with Crippen LogP contribution < -0.4 is 5.32 Å². The third-order valence-electron chi connectivity index (χ3n) is 1.43. The van der Waals surface area contributed by atoms with Gasteiger partial charge in [0.2, 0.25) is 5.00 Å². The molecule has 14 heavy (non-hydrogen) atoms. The van der Waals surface area contributed by atoms with Gasteiger partial charge in [-0.1, -0.05) is 23.2 Å². The molecule has 1 atom stereocenters. The molecule has 1 rings (SSSR count). The molecule has 2 nitrogen and oxygen atoms in total. The molecule has 0 amide bonds. The molecule has 0 bridgehead atoms. The predicted octanol–water partition coefficient (Wildman–Crippen LogP) is 2.62. The number of halogens is 5. The summed E-state index contributed by atoms with van der Waals surface area (Å²) < 4.78 is 36.7. The standard InChI is InChI=1S/C7H3Cl2F3N2/c8-5-1-4(7(10,11)12)2-6(9,3-13)14-5/h1-2,14H. The van der Waals surface area contributed by atoms with E-state index in [9.17, 15) is 13.2 Å². The maximum Gasteiger partial charge on any atom is 0.416 e. The highest BCUT2D eigenvalue weighted by atomic mass is 35.5. The van der Waals surface area contributed by atoms with Gasteiger partial charge < -0.3 is 5.32 Å². The van der Waals surface area contributed by atoms with Crippen molar-refractivity contribution in [2.24, 2.45) is 0 Å². The van der Waals surface area contributed by atoms with Gasteiger partial charge in [-0.2, -0.15) is 18.4 Å². The van der Waals surface area contributed by atoms with Crippen LogP contribution in [0.4, 0.5) is 13.2 Å². The van der Waals surface area contributed by atoms with Crippen LogP contribution in [-0.4, -0.2) is 11.2 Å². The minimum atomic E-state index is -4.57. The summed E-state index contributed by atoms with van der Waals surface area (Å²) in [7, 11) is 0. The first-order valence-corrected chi connectivity index (χ1v) is 4.08. The molecule has 1 unspecified atom stereocenters. The number of hydrogen-bond donors (Lipinski definition) is 1. The van der Waals surface area contributed by atoms with E-state index in [4.69, 9.17) is 28.5 Å². The summed E-state index contributed by atoms with van der Waals surface area (Å²) >= 11 is 10.8. The van der Waals surface area contributed by atoms with Gasteiger partial charge in [0.1, 0.15) is 11.2 Å². The Hall–Kier alpha value is -0.860. The molecule has 0 fully saturated rings. The van der Waals surface area contributed by atoms with Gasteiger partial charge in [-0.25, -0.2) is 0 Å². The Morgan fingerprint density at radius 3 is 2.50 bits per heavy atom. The Bertz CT molecular complexity index is 353. The molecule has 1 heterocycles. The van der Waals surface area contributed by atoms with Crippen LogP contribution in [0.2, 0.25) is 0 Å². The summed E-state index contributed by atoms with van der Waals surface area (Å²) in [6, 6.07) is 1.47. The first kappa shape index (κ1) is 11.2. The van der Waals surface area contributed by atoms with Gasteiger partial charge >= 0.3 is 6.18 Å². The summed E-state index contributed by atoms with van der Waals surface area (Å²) in [5, 5.41) is 10.4. The number of hydrogen-bond acceptors (Lipinski definition) is 2. The monoisotopic (exact) mass is 242 g/mol. The predicted molar refractivity (Wildman–Crippen MR) is 45.4 cm³/mol. The zero-order valence-corrected chi connectivity index (χ0v) is 8.00. The maximum absolute atomic E-state index is 12.2. The van der Waals surface area contributed by atoms with Crippen molar-refractivity contribution in [1.29, 1.82) is 5.26 Å². The van der Waals surface area contributed by atoms with E-state index in [1.807, 2.05) is 0 Å². The second kappa shape index (κ2) is 3.37. The van der Waals surface area contributed by atoms with Gasteiger partial charge in [-0.3, -0.25) is 0 Å². The lowest BCUT2D eigenvalue weighted by molar-refractivity contribution is -0.0888. The SMILES string of the molecule is N#CC1(Cl)C=C(C(F)(F)F)C=C(Cl)N1. The molecule has 0 aromatic heterocycles. The van der Waals surface area contributed by atoms with Crippen LogP contribution in [0.3, 0.4) is 0 Å². The number of nitrogens with one attached hydrogen (secondary N) is 1. The van der Waals surface area contributed by atoms with E-state index in [-0.39, 0.29) is 5.16 Å². The van der Waals surface area contributed by atoms with Crippen molar-refractivity contribution >= 4 is 23.2 Å². The van der Waals surface area contributed by atoms with Crippen LogP contribution in [0.15, 0.2) is 22.9 Å². The first-order chi connectivity index (χ1) is 6.27. The van der Waals surface area contributed by atoms with Gasteiger partial charge in [0.05, 0.1) is 5.57 Å². The fourth-order valence-corrected chi connectivity index (χ4v) is 1.40. The lowest BCUT2D eigenvalue weighted by atomic mass is 10.1. The smallest absolute Gasteiger partial charge is 0.342 e. The van der Waals surface area contributed by atoms with Crippen molar-refractivity contribution in [3.63, 3.8) is 0 Å². The van der Waals surface area contributed by atoms with Crippen molar-refractivity contribution in [2.45, 2.75) is 11.2 Å². The van der Waals surface area contributed by atoms with E-state index < -0.39 is 16.7 Å². The topological polar surface area (TPSA) is 35.8 Å². The average molecular weight is 243 g/mol. The molecular formula is C7H3Cl2F3N2. The molecule has 0 saturated carbocycles. The minimum Gasteiger partial charge on any atom is -0.342 e. The van der Waals surface area contributed by atoms with Crippen LogP contribution in [0, 0.1) is 11.3 Å². The quantitative estimate of drug-likeness (QED) is 0.524. The van der Waals surface area contributed by atoms with Crippen LogP contribution in [0.25, 0.3) is 0 Å². The van der Waals surface area contributed by atoms with Crippen LogP contribution in [-0.2, 0) is 0 Å². The molecule has 76 valence electrons. The Balaban J connectivity index is 3.14. The van der Waals surface area contributed by atoms with Crippen molar-refractivity contribution in [3.05, 3.63) is 22.9 Å². The highest BCUT2D eigenvalue weighted by molar-refractivity contribution is 6.32. The number of alkyl halides is 4. The Labute approximate surface area is 87.6 Å². The van der Waals surface area contributed by atoms with Crippen LogP contribution in [0.5, 0.6) is 0 Å². The van der Waals surface area contributed by atoms with Gasteiger partial charge in [0, 0.05) is 0 Å². The van der Waals surface area contributed by atoms with Crippen molar-refractivity contribution < 1.29 is 13.2 Å². The third-order valence-corrected chi connectivity index (χ3v) is 1.92. The normalized spacial score (nSPS) is 27.1. The van der Waals surface area contributed by atoms with Crippen LogP contribution >= 0.6 is 23.2 Å². The molecule has 0 spiro atoms. The lowest BCUT2D eigenvalue weighted by Crippen LogP contribution is -2.38. The molecule has 0 radical (unpaired) electrons. The molecule has 1 N–H and O–H groups in total. The zero-order chi connectivity index (χ0) is 11.0. The van der Waals surface area contributed by atoms with Crippen molar-refractivity contribution in [1.82, 2.24) is 5.32 Å². The minimum absolute atomic E-state index is 0.323. The van der Waals surface area contributed by atoms with Gasteiger partial charge in [0.25, 0.3) is 0 Å². The summed E-state index contributed by atoms with van der Waals surface area (Å²) in [4.78, 5) is -1.93. The summed E-state index contributed by atoms with van der Waals surface area (Å²) in [5.41, 5.74) is -1.04. The molecule has 0 aliphatic carbocycles. The summed E-state index contributed by atoms with van der Waals surface area (Å²) in [6.45, 7) is 0. The second-order valence-corrected chi connectivity index (χ2v) is 3.54. The fourth-order valence-electron chi connectivity index (χ4n) is 0.862. The third kappa shape index (κ3) is 2.34. The molecule has 1 aliphatic rings. The number of nitriles is 1. The largest absolute Gasteiger partial charge is 0.416 e. The Morgan fingerprint density at radius 1 is 1.50 bits per heavy atom. The van der Waals surface area contributed by atoms with E-state index in [1.165, 1.54) is 6.07 Å². The highest BCUT2D eigenvalue weighted by Gasteiger charge is 2.39. The fraction of sp³-hybridized carbons (Fsp3) is 0.286. The van der Waals surface area contributed by atoms with Gasteiger partial charge in [-0.15, -0.1) is 0 Å². The second-order valence-electron chi connectivity index (χ2n) is 2.54. The maximum atomic E-state index is 12.2. The van der Waals surface area contributed by atoms with E-state index in [1.54, 1.807) is 0 Å². The van der Waals surface area contributed by atoms with E-state index >= 15 is 0 Å². The average Bonchev–Trinajstić information content (AvgIpc) is 2.01. The molecule has 1 aliphatic heterocycles. The molecule has 7 heteroatoms. The van der Waals surface area contributed by atoms with Crippen molar-refractivity contribution in [2.75, 3.05) is 0 Å². The van der Waals surface area contributed by atoms with Crippen molar-refractivity contribution in [3.8, 4) is 6.07 Å². The summed E-state index contributed by atoms with van der Waals surface area (Å²) in [6.07, 6.45) is -3.33. The number of rotatable bonds is 0. The van der Waals surface area contributed by atoms with Gasteiger partial charge in [0.15, 0.2) is 0 Å². The zero-order valence-electron chi connectivity index (χ0n) is 6.49. The number of allylic oxidation sites excluding steroid dienone is 2. The Kier molecular flexibility index (Phi) is 2.70. The molecular weight excluding hydrogens is 240 g/mol. The Morgan fingerprint density at radius 2 is 2.07 bits per heavy atom. The summed E-state index contributed by atoms with van der Waals surface area (Å²) in [5.74, 6) is 0. The van der Waals surface area contributed by atoms with Gasteiger partial charge in [-0.05, 0) is 12.2 Å². The van der Waals surface area contributed by atoms with E-state index in [2.05, 4.69) is 5.32 Å². The lowest BCUT2D eigenvalue weighted by Gasteiger charge is -2.24. The first-order valence-electron chi connectivity index (χ1n) is 3.32. The number of dihydropyridines is 1. The van der Waals surface area contributed by atoms with E-state index in [0.717, 1.165) is 0 Å². The highest BCUT2D eigenvalue weighted by Crippen LogP contribution is 2.34. The van der Waals surface area contributed by atoms with E-state index in [0.29, 0.717) is 12.2 Å².